The molecule has 1 heterocycles. The Hall–Kier alpha value is -1.81. The number of aliphatic hydroxyl groups is 1. The zero-order valence-electron chi connectivity index (χ0n) is 7.84. The Balaban J connectivity index is 0.000000461. The van der Waals surface area contributed by atoms with E-state index in [0.717, 1.165) is 12.9 Å². The molecule has 4 nitrogen and oxygen atoms in total. The number of aromatic nitrogens is 2. The van der Waals surface area contributed by atoms with E-state index < -0.39 is 0 Å². The average molecular weight is 192 g/mol. The lowest BCUT2D eigenvalue weighted by Crippen LogP contribution is -1.82. The summed E-state index contributed by atoms with van der Waals surface area (Å²) in [6.45, 7) is 0. The standard InChI is InChI=1S/C9H8N2O.CH4O/c1-2-4-8(5-3-1)12-9-6-7-10-11-9;1-2/h1-7H,(H,10,11);2H,1H3. The van der Waals surface area contributed by atoms with E-state index in [2.05, 4.69) is 10.2 Å². The van der Waals surface area contributed by atoms with Crippen molar-refractivity contribution in [3.8, 4) is 11.6 Å². The van der Waals surface area contributed by atoms with Crippen LogP contribution in [0.5, 0.6) is 11.6 Å². The molecule has 2 aromatic rings. The van der Waals surface area contributed by atoms with Crippen molar-refractivity contribution < 1.29 is 9.84 Å². The minimum Gasteiger partial charge on any atom is -0.440 e. The van der Waals surface area contributed by atoms with E-state index in [0.29, 0.717) is 5.88 Å². The Morgan fingerprint density at radius 1 is 1.14 bits per heavy atom. The molecule has 14 heavy (non-hydrogen) atoms. The predicted molar refractivity (Wildman–Crippen MR) is 53.2 cm³/mol. The van der Waals surface area contributed by atoms with Crippen molar-refractivity contribution in [2.75, 3.05) is 7.11 Å². The van der Waals surface area contributed by atoms with Gasteiger partial charge in [0.25, 0.3) is 0 Å². The van der Waals surface area contributed by atoms with Crippen LogP contribution in [0.15, 0.2) is 42.6 Å². The maximum atomic E-state index is 7.00. The highest BCUT2D eigenvalue weighted by Gasteiger charge is 1.94. The lowest BCUT2D eigenvalue weighted by Gasteiger charge is -1.99. The summed E-state index contributed by atoms with van der Waals surface area (Å²) < 4.78 is 5.40. The van der Waals surface area contributed by atoms with Gasteiger partial charge in [-0.2, -0.15) is 5.10 Å². The molecule has 0 aliphatic rings. The first kappa shape index (κ1) is 10.3. The van der Waals surface area contributed by atoms with E-state index in [1.807, 2.05) is 30.3 Å². The molecule has 2 rings (SSSR count). The number of hydrogen-bond donors (Lipinski definition) is 2. The summed E-state index contributed by atoms with van der Waals surface area (Å²) in [5.41, 5.74) is 0. The minimum absolute atomic E-state index is 0.654. The van der Waals surface area contributed by atoms with E-state index in [-0.39, 0.29) is 0 Å². The van der Waals surface area contributed by atoms with Crippen LogP contribution in [0.1, 0.15) is 0 Å². The third-order valence-electron chi connectivity index (χ3n) is 1.45. The molecule has 0 aliphatic carbocycles. The molecule has 0 radical (unpaired) electrons. The number of H-pyrrole nitrogens is 1. The van der Waals surface area contributed by atoms with Gasteiger partial charge in [-0.1, -0.05) is 18.2 Å². The Kier molecular flexibility index (Phi) is 4.23. The van der Waals surface area contributed by atoms with Gasteiger partial charge in [-0.3, -0.25) is 0 Å². The Morgan fingerprint density at radius 3 is 2.43 bits per heavy atom. The van der Waals surface area contributed by atoms with Gasteiger partial charge in [0.05, 0.1) is 6.20 Å². The molecule has 0 saturated heterocycles. The predicted octanol–water partition coefficient (Wildman–Crippen LogP) is 1.81. The lowest BCUT2D eigenvalue weighted by atomic mass is 10.3. The highest BCUT2D eigenvalue weighted by molar-refractivity contribution is 5.25. The first-order chi connectivity index (χ1) is 6.95. The molecule has 0 atom stereocenters. The first-order valence-electron chi connectivity index (χ1n) is 4.12. The normalized spacial score (nSPS) is 8.71. The molecule has 0 saturated carbocycles. The van der Waals surface area contributed by atoms with E-state index in [4.69, 9.17) is 9.84 Å². The molecule has 1 aromatic carbocycles. The van der Waals surface area contributed by atoms with Crippen molar-refractivity contribution in [3.05, 3.63) is 42.6 Å². The molecule has 0 amide bonds. The summed E-state index contributed by atoms with van der Waals surface area (Å²) in [4.78, 5) is 0. The topological polar surface area (TPSA) is 58.1 Å². The van der Waals surface area contributed by atoms with Gasteiger partial charge in [-0.25, -0.2) is 5.10 Å². The maximum Gasteiger partial charge on any atom is 0.215 e. The number of hydrogen-bond acceptors (Lipinski definition) is 3. The van der Waals surface area contributed by atoms with Gasteiger partial charge in [0.2, 0.25) is 5.88 Å². The number of nitrogens with zero attached hydrogens (tertiary/aromatic N) is 1. The molecule has 0 fully saturated rings. The number of para-hydroxylation sites is 1. The van der Waals surface area contributed by atoms with Crippen molar-refractivity contribution >= 4 is 0 Å². The monoisotopic (exact) mass is 192 g/mol. The summed E-state index contributed by atoms with van der Waals surface area (Å²) in [5, 5.41) is 13.5. The fourth-order valence-electron chi connectivity index (χ4n) is 0.915. The van der Waals surface area contributed by atoms with E-state index in [1.165, 1.54) is 0 Å². The van der Waals surface area contributed by atoms with Crippen molar-refractivity contribution in [3.63, 3.8) is 0 Å². The fraction of sp³-hybridized carbons (Fsp3) is 0.100. The van der Waals surface area contributed by atoms with E-state index in [1.54, 1.807) is 12.3 Å². The number of ether oxygens (including phenoxy) is 1. The smallest absolute Gasteiger partial charge is 0.215 e. The van der Waals surface area contributed by atoms with Gasteiger partial charge in [-0.05, 0) is 12.1 Å². The summed E-state index contributed by atoms with van der Waals surface area (Å²) in [7, 11) is 1.00. The summed E-state index contributed by atoms with van der Waals surface area (Å²) in [6.07, 6.45) is 1.65. The fourth-order valence-corrected chi connectivity index (χ4v) is 0.915. The molecule has 0 bridgehead atoms. The van der Waals surface area contributed by atoms with Crippen molar-refractivity contribution in [1.29, 1.82) is 0 Å². The number of aromatic amines is 1. The molecule has 0 unspecified atom stereocenters. The quantitative estimate of drug-likeness (QED) is 0.762. The van der Waals surface area contributed by atoms with Crippen LogP contribution < -0.4 is 4.74 Å². The summed E-state index contributed by atoms with van der Waals surface area (Å²) >= 11 is 0. The molecule has 0 aliphatic heterocycles. The largest absolute Gasteiger partial charge is 0.440 e. The molecular formula is C10H12N2O2. The van der Waals surface area contributed by atoms with Gasteiger partial charge < -0.3 is 9.84 Å². The second kappa shape index (κ2) is 5.77. The number of nitrogens with one attached hydrogen (secondary N) is 1. The van der Waals surface area contributed by atoms with Crippen LogP contribution in [0, 0.1) is 0 Å². The molecule has 74 valence electrons. The first-order valence-corrected chi connectivity index (χ1v) is 4.12. The number of benzene rings is 1. The van der Waals surface area contributed by atoms with E-state index in [9.17, 15) is 0 Å². The molecular weight excluding hydrogens is 180 g/mol. The van der Waals surface area contributed by atoms with E-state index >= 15 is 0 Å². The Morgan fingerprint density at radius 2 is 1.86 bits per heavy atom. The van der Waals surface area contributed by atoms with Gasteiger partial charge in [-0.15, -0.1) is 0 Å². The highest BCUT2D eigenvalue weighted by atomic mass is 16.5. The van der Waals surface area contributed by atoms with Crippen LogP contribution in [0.2, 0.25) is 0 Å². The van der Waals surface area contributed by atoms with Gasteiger partial charge in [0, 0.05) is 13.2 Å². The number of rotatable bonds is 2. The zero-order chi connectivity index (χ0) is 10.2. The Bertz CT molecular complexity index is 332. The van der Waals surface area contributed by atoms with Crippen LogP contribution in [0.4, 0.5) is 0 Å². The SMILES string of the molecule is CO.c1ccc(Oc2ccn[nH]2)cc1. The van der Waals surface area contributed by atoms with Crippen molar-refractivity contribution in [2.45, 2.75) is 0 Å². The Labute approximate surface area is 82.2 Å². The lowest BCUT2D eigenvalue weighted by molar-refractivity contribution is 0.399. The van der Waals surface area contributed by atoms with Crippen molar-refractivity contribution in [2.24, 2.45) is 0 Å². The van der Waals surface area contributed by atoms with Crippen LogP contribution in [0.25, 0.3) is 0 Å². The maximum absolute atomic E-state index is 7.00. The summed E-state index contributed by atoms with van der Waals surface area (Å²) in [5.74, 6) is 1.46. The molecule has 0 spiro atoms. The third-order valence-corrected chi connectivity index (χ3v) is 1.45. The third kappa shape index (κ3) is 2.91. The van der Waals surface area contributed by atoms with Crippen LogP contribution in [-0.2, 0) is 0 Å². The number of aliphatic hydroxyl groups excluding tert-OH is 1. The van der Waals surface area contributed by atoms with Gasteiger partial charge in [0.15, 0.2) is 0 Å². The molecule has 1 aromatic heterocycles. The van der Waals surface area contributed by atoms with Crippen molar-refractivity contribution in [1.82, 2.24) is 10.2 Å². The molecule has 4 heteroatoms. The van der Waals surface area contributed by atoms with Crippen LogP contribution in [0.3, 0.4) is 0 Å². The van der Waals surface area contributed by atoms with Gasteiger partial charge in [0.1, 0.15) is 5.75 Å². The van der Waals surface area contributed by atoms with Gasteiger partial charge >= 0.3 is 0 Å². The minimum atomic E-state index is 0.654. The molecule has 2 N–H and O–H groups in total. The average Bonchev–Trinajstić information content (AvgIpc) is 2.75. The highest BCUT2D eigenvalue weighted by Crippen LogP contribution is 2.16. The second-order valence-electron chi connectivity index (χ2n) is 2.34. The van der Waals surface area contributed by atoms with Crippen LogP contribution in [-0.4, -0.2) is 22.4 Å². The second-order valence-corrected chi connectivity index (χ2v) is 2.34. The summed E-state index contributed by atoms with van der Waals surface area (Å²) in [6, 6.07) is 11.3. The van der Waals surface area contributed by atoms with Crippen LogP contribution >= 0.6 is 0 Å². The zero-order valence-corrected chi connectivity index (χ0v) is 7.84.